The van der Waals surface area contributed by atoms with E-state index in [2.05, 4.69) is 15.3 Å². The minimum Gasteiger partial charge on any atom is -0.347 e. The van der Waals surface area contributed by atoms with Gasteiger partial charge >= 0.3 is 0 Å². The molecular formula is C22H23FN4O. The van der Waals surface area contributed by atoms with Crippen LogP contribution in [-0.2, 0) is 6.54 Å². The molecule has 6 heteroatoms. The van der Waals surface area contributed by atoms with Crippen LogP contribution < -0.4 is 10.2 Å². The molecule has 0 bridgehead atoms. The lowest BCUT2D eigenvalue weighted by Crippen LogP contribution is -2.26. The van der Waals surface area contributed by atoms with Gasteiger partial charge < -0.3 is 10.2 Å². The summed E-state index contributed by atoms with van der Waals surface area (Å²) < 4.78 is 13.8. The van der Waals surface area contributed by atoms with E-state index >= 15 is 0 Å². The third-order valence-electron chi connectivity index (χ3n) is 4.34. The van der Waals surface area contributed by atoms with Crippen LogP contribution in [0.25, 0.3) is 0 Å². The van der Waals surface area contributed by atoms with Crippen LogP contribution in [0.4, 0.5) is 16.0 Å². The first-order chi connectivity index (χ1) is 13.5. The first kappa shape index (κ1) is 19.5. The number of halogens is 1. The molecule has 0 unspecified atom stereocenters. The van der Waals surface area contributed by atoms with Gasteiger partial charge in [-0.2, -0.15) is 0 Å². The number of benzene rings is 2. The number of hydrogen-bond donors (Lipinski definition) is 1. The molecule has 0 saturated carbocycles. The summed E-state index contributed by atoms with van der Waals surface area (Å²) in [4.78, 5) is 23.5. The Morgan fingerprint density at radius 1 is 1.07 bits per heavy atom. The molecular weight excluding hydrogens is 355 g/mol. The highest BCUT2D eigenvalue weighted by Gasteiger charge is 2.16. The van der Waals surface area contributed by atoms with E-state index in [-0.39, 0.29) is 24.0 Å². The number of carbonyl (C=O) groups excluding carboxylic acids is 1. The van der Waals surface area contributed by atoms with Crippen molar-refractivity contribution in [3.63, 3.8) is 0 Å². The average Bonchev–Trinajstić information content (AvgIpc) is 2.67. The maximum atomic E-state index is 13.8. The van der Waals surface area contributed by atoms with E-state index in [0.717, 1.165) is 11.3 Å². The van der Waals surface area contributed by atoms with E-state index in [0.29, 0.717) is 23.8 Å². The molecule has 0 aliphatic carbocycles. The molecule has 1 N–H and O–H groups in total. The van der Waals surface area contributed by atoms with Crippen molar-refractivity contribution in [1.82, 2.24) is 15.3 Å². The van der Waals surface area contributed by atoms with Crippen LogP contribution in [0.3, 0.4) is 0 Å². The summed E-state index contributed by atoms with van der Waals surface area (Å²) in [7, 11) is 0. The zero-order chi connectivity index (χ0) is 20.1. The smallest absolute Gasteiger partial charge is 0.270 e. The lowest BCUT2D eigenvalue weighted by atomic mass is 10.2. The van der Waals surface area contributed by atoms with Gasteiger partial charge in [-0.15, -0.1) is 0 Å². The molecule has 2 aromatic carbocycles. The molecule has 1 aromatic heterocycles. The SMILES string of the molecule is CCN(c1cccc(C)c1)c1nc(C)cc(C(=O)NCc2ccccc2F)n1. The van der Waals surface area contributed by atoms with Crippen molar-refractivity contribution in [2.75, 3.05) is 11.4 Å². The average molecular weight is 378 g/mol. The fourth-order valence-electron chi connectivity index (χ4n) is 2.93. The fraction of sp³-hybridized carbons (Fsp3) is 0.227. The van der Waals surface area contributed by atoms with Crippen LogP contribution in [0.5, 0.6) is 0 Å². The van der Waals surface area contributed by atoms with Crippen molar-refractivity contribution in [2.24, 2.45) is 0 Å². The van der Waals surface area contributed by atoms with E-state index in [1.807, 2.05) is 49.9 Å². The monoisotopic (exact) mass is 378 g/mol. The number of aryl methyl sites for hydroxylation is 2. The van der Waals surface area contributed by atoms with Crippen molar-refractivity contribution in [1.29, 1.82) is 0 Å². The van der Waals surface area contributed by atoms with E-state index in [9.17, 15) is 9.18 Å². The van der Waals surface area contributed by atoms with Crippen LogP contribution in [0.1, 0.15) is 34.2 Å². The zero-order valence-corrected chi connectivity index (χ0v) is 16.2. The Kier molecular flexibility index (Phi) is 5.99. The highest BCUT2D eigenvalue weighted by Crippen LogP contribution is 2.23. The quantitative estimate of drug-likeness (QED) is 0.694. The molecule has 3 aromatic rings. The Bertz CT molecular complexity index is 990. The number of amides is 1. The predicted molar refractivity (Wildman–Crippen MR) is 108 cm³/mol. The van der Waals surface area contributed by atoms with Crippen molar-refractivity contribution in [2.45, 2.75) is 27.3 Å². The highest BCUT2D eigenvalue weighted by atomic mass is 19.1. The molecule has 0 aliphatic rings. The summed E-state index contributed by atoms with van der Waals surface area (Å²) in [5.74, 6) is -0.251. The molecule has 0 saturated heterocycles. The largest absolute Gasteiger partial charge is 0.347 e. The summed E-state index contributed by atoms with van der Waals surface area (Å²) in [5.41, 5.74) is 3.46. The molecule has 5 nitrogen and oxygen atoms in total. The van der Waals surface area contributed by atoms with Crippen LogP contribution >= 0.6 is 0 Å². The summed E-state index contributed by atoms with van der Waals surface area (Å²) >= 11 is 0. The summed E-state index contributed by atoms with van der Waals surface area (Å²) in [6, 6.07) is 16.0. The van der Waals surface area contributed by atoms with E-state index < -0.39 is 0 Å². The normalized spacial score (nSPS) is 10.6. The summed E-state index contributed by atoms with van der Waals surface area (Å²) in [6.07, 6.45) is 0. The van der Waals surface area contributed by atoms with Crippen LogP contribution in [0.15, 0.2) is 54.6 Å². The number of nitrogens with zero attached hydrogens (tertiary/aromatic N) is 3. The van der Waals surface area contributed by atoms with Gasteiger partial charge in [0.2, 0.25) is 5.95 Å². The minimum absolute atomic E-state index is 0.0965. The second kappa shape index (κ2) is 8.61. The van der Waals surface area contributed by atoms with Gasteiger partial charge in [0.1, 0.15) is 11.5 Å². The number of carbonyl (C=O) groups is 1. The maximum Gasteiger partial charge on any atom is 0.270 e. The predicted octanol–water partition coefficient (Wildman–Crippen LogP) is 4.32. The van der Waals surface area contributed by atoms with Gasteiger partial charge in [0.15, 0.2) is 0 Å². The Morgan fingerprint density at radius 2 is 1.86 bits per heavy atom. The molecule has 0 aliphatic heterocycles. The molecule has 0 radical (unpaired) electrons. The van der Waals surface area contributed by atoms with E-state index in [4.69, 9.17) is 0 Å². The van der Waals surface area contributed by atoms with Gasteiger partial charge in [-0.3, -0.25) is 4.79 Å². The molecule has 28 heavy (non-hydrogen) atoms. The van der Waals surface area contributed by atoms with Gasteiger partial charge in [0, 0.05) is 30.0 Å². The Balaban J connectivity index is 1.84. The summed E-state index contributed by atoms with van der Waals surface area (Å²) in [5, 5.41) is 2.73. The van der Waals surface area contributed by atoms with Crippen molar-refractivity contribution in [3.05, 3.63) is 82.9 Å². The molecule has 1 heterocycles. The fourth-order valence-corrected chi connectivity index (χ4v) is 2.93. The standard InChI is InChI=1S/C22H23FN4O/c1-4-27(18-10-7-8-15(2)12-18)22-25-16(3)13-20(26-22)21(28)24-14-17-9-5-6-11-19(17)23/h5-13H,4,14H2,1-3H3,(H,24,28). The lowest BCUT2D eigenvalue weighted by Gasteiger charge is -2.22. The number of nitrogens with one attached hydrogen (secondary N) is 1. The number of anilines is 2. The van der Waals surface area contributed by atoms with E-state index in [1.165, 1.54) is 6.07 Å². The van der Waals surface area contributed by atoms with Gasteiger partial charge in [0.05, 0.1) is 0 Å². The second-order valence-electron chi connectivity index (χ2n) is 6.55. The first-order valence-electron chi connectivity index (χ1n) is 9.19. The molecule has 0 spiro atoms. The number of aromatic nitrogens is 2. The van der Waals surface area contributed by atoms with E-state index in [1.54, 1.807) is 24.3 Å². The van der Waals surface area contributed by atoms with Gasteiger partial charge in [-0.1, -0.05) is 30.3 Å². The number of rotatable bonds is 6. The molecule has 3 rings (SSSR count). The van der Waals surface area contributed by atoms with Gasteiger partial charge in [-0.25, -0.2) is 14.4 Å². The Hall–Kier alpha value is -3.28. The zero-order valence-electron chi connectivity index (χ0n) is 16.2. The third-order valence-corrected chi connectivity index (χ3v) is 4.34. The molecule has 0 atom stereocenters. The van der Waals surface area contributed by atoms with Crippen LogP contribution in [0.2, 0.25) is 0 Å². The molecule has 1 amide bonds. The highest BCUT2D eigenvalue weighted by molar-refractivity contribution is 5.92. The van der Waals surface area contributed by atoms with Crippen LogP contribution in [0, 0.1) is 19.7 Å². The molecule has 144 valence electrons. The lowest BCUT2D eigenvalue weighted by molar-refractivity contribution is 0.0945. The topological polar surface area (TPSA) is 58.1 Å². The van der Waals surface area contributed by atoms with Gasteiger partial charge in [-0.05, 0) is 50.6 Å². The second-order valence-corrected chi connectivity index (χ2v) is 6.55. The Morgan fingerprint density at radius 3 is 2.57 bits per heavy atom. The maximum absolute atomic E-state index is 13.8. The summed E-state index contributed by atoms with van der Waals surface area (Å²) in [6.45, 7) is 6.60. The third kappa shape index (κ3) is 4.52. The van der Waals surface area contributed by atoms with Crippen molar-refractivity contribution < 1.29 is 9.18 Å². The van der Waals surface area contributed by atoms with Crippen molar-refractivity contribution >= 4 is 17.5 Å². The minimum atomic E-state index is -0.365. The van der Waals surface area contributed by atoms with Gasteiger partial charge in [0.25, 0.3) is 5.91 Å². The Labute approximate surface area is 164 Å². The van der Waals surface area contributed by atoms with Crippen molar-refractivity contribution in [3.8, 4) is 0 Å². The van der Waals surface area contributed by atoms with Crippen LogP contribution in [-0.4, -0.2) is 22.4 Å². The number of hydrogen-bond acceptors (Lipinski definition) is 4. The molecule has 0 fully saturated rings. The first-order valence-corrected chi connectivity index (χ1v) is 9.19.